The van der Waals surface area contributed by atoms with Crippen molar-refractivity contribution in [3.05, 3.63) is 33.0 Å². The van der Waals surface area contributed by atoms with Crippen LogP contribution >= 0.6 is 34.2 Å². The average Bonchev–Trinajstić information content (AvgIpc) is 2.46. The van der Waals surface area contributed by atoms with Crippen LogP contribution in [0.15, 0.2) is 24.4 Å². The van der Waals surface area contributed by atoms with Crippen LogP contribution in [0.25, 0.3) is 10.9 Å². The molecule has 2 aromatic rings. The molecule has 6 heteroatoms. The van der Waals surface area contributed by atoms with Crippen molar-refractivity contribution in [2.45, 2.75) is 24.7 Å². The smallest absolute Gasteiger partial charge is 0.159 e. The number of aromatic nitrogens is 1. The van der Waals surface area contributed by atoms with E-state index in [2.05, 4.69) is 32.9 Å². The third-order valence-corrected chi connectivity index (χ3v) is 5.03. The van der Waals surface area contributed by atoms with Gasteiger partial charge in [-0.15, -0.1) is 0 Å². The summed E-state index contributed by atoms with van der Waals surface area (Å²) in [4.78, 5) is 4.43. The van der Waals surface area contributed by atoms with E-state index in [-0.39, 0.29) is 12.2 Å². The molecule has 1 aromatic carbocycles. The molecule has 3 rings (SSSR count). The number of nitrogens with one attached hydrogen (secondary N) is 1. The molecule has 21 heavy (non-hydrogen) atoms. The van der Waals surface area contributed by atoms with Crippen LogP contribution in [0.3, 0.4) is 0 Å². The summed E-state index contributed by atoms with van der Waals surface area (Å²) in [5.41, 5.74) is 0.803. The van der Waals surface area contributed by atoms with Crippen LogP contribution in [0.4, 0.5) is 0 Å². The van der Waals surface area contributed by atoms with Crippen LogP contribution < -0.4 is 10.1 Å². The number of hydrogen-bond acceptors (Lipinski definition) is 4. The van der Waals surface area contributed by atoms with E-state index in [4.69, 9.17) is 21.1 Å². The van der Waals surface area contributed by atoms with Crippen molar-refractivity contribution in [2.24, 2.45) is 0 Å². The first-order valence-electron chi connectivity index (χ1n) is 6.75. The van der Waals surface area contributed by atoms with Gasteiger partial charge in [-0.25, -0.2) is 0 Å². The van der Waals surface area contributed by atoms with Gasteiger partial charge in [0.15, 0.2) is 5.75 Å². The minimum absolute atomic E-state index is 0.0346. The number of hydrogen-bond donors (Lipinski definition) is 1. The van der Waals surface area contributed by atoms with E-state index in [1.807, 2.05) is 25.2 Å². The number of likely N-dealkylation sites (N-methyl/N-ethyl adjacent to an activating group) is 1. The van der Waals surface area contributed by atoms with Gasteiger partial charge in [0.05, 0.1) is 8.59 Å². The van der Waals surface area contributed by atoms with Gasteiger partial charge in [0.25, 0.3) is 0 Å². The van der Waals surface area contributed by atoms with Gasteiger partial charge in [-0.3, -0.25) is 4.98 Å². The van der Waals surface area contributed by atoms with E-state index in [1.165, 1.54) is 0 Å². The minimum Gasteiger partial charge on any atom is -0.484 e. The highest BCUT2D eigenvalue weighted by atomic mass is 127. The maximum Gasteiger partial charge on any atom is 0.159 e. The number of nitrogens with zero attached hydrogens (tertiary/aromatic N) is 1. The molecule has 1 fully saturated rings. The highest BCUT2D eigenvalue weighted by Crippen LogP contribution is 2.38. The molecule has 1 aromatic heterocycles. The number of halogens is 2. The van der Waals surface area contributed by atoms with Gasteiger partial charge < -0.3 is 14.8 Å². The third-order valence-electron chi connectivity index (χ3n) is 3.91. The molecule has 0 spiro atoms. The molecule has 4 nitrogen and oxygen atoms in total. The van der Waals surface area contributed by atoms with Crippen molar-refractivity contribution >= 4 is 45.1 Å². The SMILES string of the molecule is CNC1CC(Oc2c(I)cc(Cl)c3cccnc23)C1OC. The first-order chi connectivity index (χ1) is 10.2. The molecule has 1 aliphatic carbocycles. The maximum absolute atomic E-state index is 6.29. The molecule has 0 radical (unpaired) electrons. The molecule has 3 atom stereocenters. The van der Waals surface area contributed by atoms with Crippen molar-refractivity contribution in [3.8, 4) is 5.75 Å². The fourth-order valence-corrected chi connectivity index (χ4v) is 3.84. The number of fused-ring (bicyclic) bond motifs is 1. The molecule has 1 saturated carbocycles. The van der Waals surface area contributed by atoms with Crippen LogP contribution in [-0.4, -0.2) is 37.4 Å². The number of methoxy groups -OCH3 is 1. The van der Waals surface area contributed by atoms with Gasteiger partial charge in [-0.05, 0) is 47.8 Å². The van der Waals surface area contributed by atoms with E-state index >= 15 is 0 Å². The summed E-state index contributed by atoms with van der Waals surface area (Å²) in [5.74, 6) is 0.789. The largest absolute Gasteiger partial charge is 0.484 e. The van der Waals surface area contributed by atoms with Crippen LogP contribution in [0.5, 0.6) is 5.75 Å². The summed E-state index contributed by atoms with van der Waals surface area (Å²) >= 11 is 8.52. The summed E-state index contributed by atoms with van der Waals surface area (Å²) in [7, 11) is 3.66. The number of pyridine rings is 1. The van der Waals surface area contributed by atoms with Crippen molar-refractivity contribution < 1.29 is 9.47 Å². The molecular formula is C15H16ClIN2O2. The lowest BCUT2D eigenvalue weighted by molar-refractivity contribution is -0.0867. The van der Waals surface area contributed by atoms with E-state index in [1.54, 1.807) is 13.3 Å². The normalized spacial score (nSPS) is 24.9. The molecule has 3 unspecified atom stereocenters. The van der Waals surface area contributed by atoms with Crippen LogP contribution in [0.2, 0.25) is 5.02 Å². The monoisotopic (exact) mass is 418 g/mol. The second-order valence-corrected chi connectivity index (χ2v) is 6.63. The fraction of sp³-hybridized carbons (Fsp3) is 0.400. The Morgan fingerprint density at radius 1 is 1.48 bits per heavy atom. The molecule has 0 saturated heterocycles. The summed E-state index contributed by atoms with van der Waals surface area (Å²) in [5, 5.41) is 4.84. The second kappa shape index (κ2) is 6.24. The van der Waals surface area contributed by atoms with Crippen molar-refractivity contribution in [2.75, 3.05) is 14.2 Å². The first kappa shape index (κ1) is 15.3. The molecular weight excluding hydrogens is 403 g/mol. The molecule has 1 heterocycles. The first-order valence-corrected chi connectivity index (χ1v) is 8.20. The predicted octanol–water partition coefficient (Wildman–Crippen LogP) is 3.25. The topological polar surface area (TPSA) is 43.4 Å². The molecule has 1 aliphatic rings. The average molecular weight is 419 g/mol. The van der Waals surface area contributed by atoms with Crippen molar-refractivity contribution in [1.29, 1.82) is 0 Å². The van der Waals surface area contributed by atoms with Gasteiger partial charge in [0.1, 0.15) is 17.7 Å². The van der Waals surface area contributed by atoms with E-state index < -0.39 is 0 Å². The fourth-order valence-electron chi connectivity index (χ4n) is 2.71. The Morgan fingerprint density at radius 3 is 3.00 bits per heavy atom. The number of benzene rings is 1. The lowest BCUT2D eigenvalue weighted by Crippen LogP contribution is -2.60. The molecule has 1 N–H and O–H groups in total. The maximum atomic E-state index is 6.29. The Labute approximate surface area is 142 Å². The lowest BCUT2D eigenvalue weighted by atomic mass is 9.85. The Balaban J connectivity index is 1.94. The quantitative estimate of drug-likeness (QED) is 0.774. The van der Waals surface area contributed by atoms with Gasteiger partial charge in [0, 0.05) is 31.2 Å². The molecule has 112 valence electrons. The highest BCUT2D eigenvalue weighted by Gasteiger charge is 2.42. The number of ether oxygens (including phenoxy) is 2. The minimum atomic E-state index is 0.0346. The Kier molecular flexibility index (Phi) is 4.54. The standard InChI is InChI=1S/C15H16ClIN2O2/c1-18-11-7-12(15(11)20-2)21-14-10(17)6-9(16)8-4-3-5-19-13(8)14/h3-6,11-12,15,18H,7H2,1-2H3. The lowest BCUT2D eigenvalue weighted by Gasteiger charge is -2.43. The zero-order chi connectivity index (χ0) is 15.0. The Bertz CT molecular complexity index is 667. The highest BCUT2D eigenvalue weighted by molar-refractivity contribution is 14.1. The molecule has 0 aliphatic heterocycles. The van der Waals surface area contributed by atoms with Gasteiger partial charge in [0.2, 0.25) is 0 Å². The van der Waals surface area contributed by atoms with Crippen LogP contribution in [0, 0.1) is 3.57 Å². The van der Waals surface area contributed by atoms with Gasteiger partial charge >= 0.3 is 0 Å². The van der Waals surface area contributed by atoms with Gasteiger partial charge in [-0.2, -0.15) is 0 Å². The Morgan fingerprint density at radius 2 is 2.29 bits per heavy atom. The zero-order valence-corrected chi connectivity index (χ0v) is 14.7. The zero-order valence-electron chi connectivity index (χ0n) is 11.8. The predicted molar refractivity (Wildman–Crippen MR) is 92.1 cm³/mol. The summed E-state index contributed by atoms with van der Waals surface area (Å²) in [6.07, 6.45) is 2.77. The van der Waals surface area contributed by atoms with Crippen molar-refractivity contribution in [1.82, 2.24) is 10.3 Å². The molecule has 0 bridgehead atoms. The summed E-state index contributed by atoms with van der Waals surface area (Å²) in [6, 6.07) is 6.09. The summed E-state index contributed by atoms with van der Waals surface area (Å²) in [6.45, 7) is 0. The third kappa shape index (κ3) is 2.72. The van der Waals surface area contributed by atoms with Crippen LogP contribution in [0.1, 0.15) is 6.42 Å². The number of rotatable bonds is 4. The van der Waals surface area contributed by atoms with Crippen molar-refractivity contribution in [3.63, 3.8) is 0 Å². The van der Waals surface area contributed by atoms with Gasteiger partial charge in [-0.1, -0.05) is 11.6 Å². The van der Waals surface area contributed by atoms with E-state index in [0.717, 1.165) is 26.6 Å². The van der Waals surface area contributed by atoms with E-state index in [0.29, 0.717) is 11.1 Å². The second-order valence-electron chi connectivity index (χ2n) is 5.06. The Hall–Kier alpha value is -0.630. The van der Waals surface area contributed by atoms with E-state index in [9.17, 15) is 0 Å². The van der Waals surface area contributed by atoms with Crippen LogP contribution in [-0.2, 0) is 4.74 Å². The summed E-state index contributed by atoms with van der Waals surface area (Å²) < 4.78 is 12.7. The molecule has 0 amide bonds.